The highest BCUT2D eigenvalue weighted by atomic mass is 16.6. The zero-order valence-electron chi connectivity index (χ0n) is 35.3. The molecule has 0 amide bonds. The molecular weight excluding hydrogens is 703 g/mol. The number of carboxylic acids is 1. The summed E-state index contributed by atoms with van der Waals surface area (Å²) in [6.07, 6.45) is 53.0. The van der Waals surface area contributed by atoms with Gasteiger partial charge in [0.05, 0.1) is 40.8 Å². The second kappa shape index (κ2) is 37.6. The fourth-order valence-electron chi connectivity index (χ4n) is 5.02. The standard InChI is InChI=1S/C48H73NO7/c1-6-8-10-12-14-16-17-18-19-20-21-22-23-24-25-26-27-28-29-31-32-34-36-38-46(50)55-43-44(42-54-41-40-45(48(52)53)49(3,4)5)56-47(51)39-37-35-33-30-15-13-11-9-7-2/h8-11,14-16,18-19,21-22,24-25,27-28,30-32,35,37,44-45H,6-7,12-13,17,20,23,26,29,33-34,36,38-43H2,1-5H3/p+1/b10-8+,11-9+,16-14+,19-18+,22-21+,25-24+,28-27+,30-15+,32-31+,37-35+. The van der Waals surface area contributed by atoms with Gasteiger partial charge in [0.25, 0.3) is 0 Å². The number of likely N-dealkylation sites (N-methyl/N-ethyl adjacent to an activating group) is 1. The molecule has 0 rings (SSSR count). The normalized spacial score (nSPS) is 14.2. The molecule has 0 fully saturated rings. The molecule has 8 nitrogen and oxygen atoms in total. The first-order valence-electron chi connectivity index (χ1n) is 20.6. The second-order valence-electron chi connectivity index (χ2n) is 14.1. The van der Waals surface area contributed by atoms with Crippen LogP contribution in [0.1, 0.15) is 110 Å². The van der Waals surface area contributed by atoms with Crippen LogP contribution >= 0.6 is 0 Å². The van der Waals surface area contributed by atoms with Gasteiger partial charge in [-0.25, -0.2) is 4.79 Å². The zero-order chi connectivity index (χ0) is 41.4. The van der Waals surface area contributed by atoms with Crippen LogP contribution < -0.4 is 0 Å². The van der Waals surface area contributed by atoms with Gasteiger partial charge >= 0.3 is 17.9 Å². The van der Waals surface area contributed by atoms with E-state index in [9.17, 15) is 19.5 Å². The molecule has 0 aromatic rings. The van der Waals surface area contributed by atoms with E-state index in [-0.39, 0.29) is 49.5 Å². The van der Waals surface area contributed by atoms with Gasteiger partial charge in [-0.3, -0.25) is 9.59 Å². The van der Waals surface area contributed by atoms with Crippen LogP contribution in [0.3, 0.4) is 0 Å². The lowest BCUT2D eigenvalue weighted by Gasteiger charge is -2.31. The summed E-state index contributed by atoms with van der Waals surface area (Å²) in [5.74, 6) is -1.72. The summed E-state index contributed by atoms with van der Waals surface area (Å²) in [5, 5.41) is 9.58. The van der Waals surface area contributed by atoms with Crippen LogP contribution in [0.5, 0.6) is 0 Å². The minimum Gasteiger partial charge on any atom is -0.477 e. The van der Waals surface area contributed by atoms with E-state index in [4.69, 9.17) is 14.2 Å². The number of rotatable bonds is 34. The molecule has 0 aliphatic carbocycles. The predicted octanol–water partition coefficient (Wildman–Crippen LogP) is 11.1. The molecule has 2 atom stereocenters. The molecule has 0 heterocycles. The molecule has 0 aromatic heterocycles. The van der Waals surface area contributed by atoms with E-state index in [0.29, 0.717) is 12.8 Å². The number of unbranched alkanes of at least 4 members (excludes halogenated alkanes) is 1. The molecule has 312 valence electrons. The van der Waals surface area contributed by atoms with Crippen molar-refractivity contribution in [2.75, 3.05) is 41.0 Å². The van der Waals surface area contributed by atoms with Crippen LogP contribution in [-0.4, -0.2) is 80.6 Å². The summed E-state index contributed by atoms with van der Waals surface area (Å²) in [6.45, 7) is 4.28. The minimum atomic E-state index is -0.902. The molecule has 0 saturated carbocycles. The smallest absolute Gasteiger partial charge is 0.362 e. The molecule has 0 aliphatic rings. The lowest BCUT2D eigenvalue weighted by Crippen LogP contribution is -2.50. The number of hydrogen-bond acceptors (Lipinski definition) is 6. The lowest BCUT2D eigenvalue weighted by molar-refractivity contribution is -0.887. The Balaban J connectivity index is 4.47. The maximum Gasteiger partial charge on any atom is 0.362 e. The highest BCUT2D eigenvalue weighted by Gasteiger charge is 2.31. The van der Waals surface area contributed by atoms with Crippen LogP contribution in [-0.2, 0) is 28.6 Å². The van der Waals surface area contributed by atoms with E-state index >= 15 is 0 Å². The van der Waals surface area contributed by atoms with E-state index in [1.807, 2.05) is 33.3 Å². The van der Waals surface area contributed by atoms with Crippen molar-refractivity contribution in [2.24, 2.45) is 0 Å². The number of nitrogens with zero attached hydrogens (tertiary/aromatic N) is 1. The Morgan fingerprint density at radius 2 is 0.964 bits per heavy atom. The third-order valence-electron chi connectivity index (χ3n) is 8.14. The minimum absolute atomic E-state index is 0.00241. The topological polar surface area (TPSA) is 99.1 Å². The average molecular weight is 777 g/mol. The maximum atomic E-state index is 12.6. The van der Waals surface area contributed by atoms with Crippen LogP contribution in [0.15, 0.2) is 122 Å². The van der Waals surface area contributed by atoms with Crippen molar-refractivity contribution in [3.63, 3.8) is 0 Å². The van der Waals surface area contributed by atoms with Crippen LogP contribution in [0.25, 0.3) is 0 Å². The summed E-state index contributed by atoms with van der Waals surface area (Å²) < 4.78 is 17.0. The average Bonchev–Trinajstić information content (AvgIpc) is 3.15. The Morgan fingerprint density at radius 3 is 1.38 bits per heavy atom. The van der Waals surface area contributed by atoms with E-state index in [0.717, 1.165) is 64.2 Å². The van der Waals surface area contributed by atoms with Crippen molar-refractivity contribution in [3.8, 4) is 0 Å². The first-order chi connectivity index (χ1) is 27.1. The molecule has 0 aromatic carbocycles. The number of carboxylic acid groups (broad SMARTS) is 1. The fraction of sp³-hybridized carbons (Fsp3) is 0.521. The number of quaternary nitrogens is 1. The summed E-state index contributed by atoms with van der Waals surface area (Å²) in [4.78, 5) is 36.7. The van der Waals surface area contributed by atoms with Gasteiger partial charge in [0, 0.05) is 12.8 Å². The molecule has 0 aliphatic heterocycles. The number of carbonyl (C=O) groups is 3. The third-order valence-corrected chi connectivity index (χ3v) is 8.14. The van der Waals surface area contributed by atoms with E-state index < -0.39 is 24.1 Å². The molecule has 56 heavy (non-hydrogen) atoms. The van der Waals surface area contributed by atoms with Crippen molar-refractivity contribution in [1.82, 2.24) is 0 Å². The van der Waals surface area contributed by atoms with Crippen molar-refractivity contribution in [1.29, 1.82) is 0 Å². The first kappa shape index (κ1) is 51.7. The number of aliphatic carboxylic acids is 1. The van der Waals surface area contributed by atoms with E-state index in [1.54, 1.807) is 6.08 Å². The van der Waals surface area contributed by atoms with Gasteiger partial charge in [-0.1, -0.05) is 135 Å². The molecule has 0 bridgehead atoms. The highest BCUT2D eigenvalue weighted by molar-refractivity contribution is 5.72. The molecular formula is C48H74NO7+. The number of hydrogen-bond donors (Lipinski definition) is 1. The summed E-state index contributed by atoms with van der Waals surface area (Å²) >= 11 is 0. The monoisotopic (exact) mass is 777 g/mol. The Labute approximate surface area is 340 Å². The first-order valence-corrected chi connectivity index (χ1v) is 20.6. The highest BCUT2D eigenvalue weighted by Crippen LogP contribution is 2.10. The third kappa shape index (κ3) is 35.4. The molecule has 0 spiro atoms. The van der Waals surface area contributed by atoms with Gasteiger partial charge in [0.1, 0.15) is 6.61 Å². The Bertz CT molecular complexity index is 1320. The predicted molar refractivity (Wildman–Crippen MR) is 233 cm³/mol. The van der Waals surface area contributed by atoms with Crippen LogP contribution in [0.4, 0.5) is 0 Å². The van der Waals surface area contributed by atoms with Gasteiger partial charge in [0.2, 0.25) is 0 Å². The number of carbonyl (C=O) groups excluding carboxylic acids is 2. The van der Waals surface area contributed by atoms with Crippen molar-refractivity contribution in [3.05, 3.63) is 122 Å². The molecule has 1 N–H and O–H groups in total. The fourth-order valence-corrected chi connectivity index (χ4v) is 5.02. The van der Waals surface area contributed by atoms with Gasteiger partial charge in [-0.05, 0) is 77.0 Å². The summed E-state index contributed by atoms with van der Waals surface area (Å²) in [7, 11) is 5.45. The Morgan fingerprint density at radius 1 is 0.554 bits per heavy atom. The maximum absolute atomic E-state index is 12.6. The number of esters is 2. The molecule has 0 radical (unpaired) electrons. The number of allylic oxidation sites excluding steroid dienone is 19. The van der Waals surface area contributed by atoms with E-state index in [1.165, 1.54) is 0 Å². The van der Waals surface area contributed by atoms with Crippen LogP contribution in [0.2, 0.25) is 0 Å². The number of ether oxygens (including phenoxy) is 3. The van der Waals surface area contributed by atoms with Gasteiger partial charge in [-0.15, -0.1) is 0 Å². The van der Waals surface area contributed by atoms with E-state index in [2.05, 4.69) is 117 Å². The van der Waals surface area contributed by atoms with Crippen molar-refractivity contribution >= 4 is 17.9 Å². The Hall–Kier alpha value is -4.27. The van der Waals surface area contributed by atoms with Crippen molar-refractivity contribution in [2.45, 2.75) is 122 Å². The van der Waals surface area contributed by atoms with Crippen molar-refractivity contribution < 1.29 is 38.2 Å². The van der Waals surface area contributed by atoms with Gasteiger partial charge in [0.15, 0.2) is 12.1 Å². The molecule has 2 unspecified atom stereocenters. The van der Waals surface area contributed by atoms with Gasteiger partial charge < -0.3 is 23.8 Å². The quantitative estimate of drug-likeness (QED) is 0.0301. The zero-order valence-corrected chi connectivity index (χ0v) is 35.3. The second-order valence-corrected chi connectivity index (χ2v) is 14.1. The SMILES string of the molecule is CC/C=C/C/C=C/C/C=C/C/C=C/C/C=C/C/C=C/C/C=C/CCCC(=O)OCC(COCCC(C(=O)O)[N+](C)(C)C)OC(=O)C/C=C/C/C=C/C/C=C/CC. The molecule has 8 heteroatoms. The van der Waals surface area contributed by atoms with Crippen LogP contribution in [0, 0.1) is 0 Å². The molecule has 0 saturated heterocycles. The van der Waals surface area contributed by atoms with Gasteiger partial charge in [-0.2, -0.15) is 0 Å². The summed E-state index contributed by atoms with van der Waals surface area (Å²) in [6, 6.07) is -0.643. The Kier molecular flexibility index (Phi) is 34.8. The lowest BCUT2D eigenvalue weighted by atomic mass is 10.1. The largest absolute Gasteiger partial charge is 0.477 e. The summed E-state index contributed by atoms with van der Waals surface area (Å²) in [5.41, 5.74) is 0.